The van der Waals surface area contributed by atoms with E-state index in [1.807, 2.05) is 32.7 Å². The number of aliphatic imine (C=N–C) groups is 1. The molecule has 162 valence electrons. The van der Waals surface area contributed by atoms with E-state index in [4.69, 9.17) is 9.47 Å². The van der Waals surface area contributed by atoms with Gasteiger partial charge in [0.15, 0.2) is 5.96 Å². The molecule has 2 aliphatic rings. The first kappa shape index (κ1) is 22.8. The van der Waals surface area contributed by atoms with Crippen LogP contribution in [0.15, 0.2) is 4.99 Å². The standard InChI is InChI=1S/C21H40N4O3/c1-6-27-18-10-14-24(15-11-18)19(22-5)23-12-9-17-8-7-13-25(16-17)20(26)28-21(2,3)4/h17-18H,6-16H2,1-5H3,(H,22,23). The summed E-state index contributed by atoms with van der Waals surface area (Å²) in [6.45, 7) is 13.0. The van der Waals surface area contributed by atoms with Crippen LogP contribution >= 0.6 is 0 Å². The van der Waals surface area contributed by atoms with E-state index in [9.17, 15) is 4.79 Å². The van der Waals surface area contributed by atoms with E-state index >= 15 is 0 Å². The molecule has 28 heavy (non-hydrogen) atoms. The lowest BCUT2D eigenvalue weighted by Crippen LogP contribution is -2.48. The Balaban J connectivity index is 1.72. The fourth-order valence-electron chi connectivity index (χ4n) is 3.98. The molecule has 2 rings (SSSR count). The van der Waals surface area contributed by atoms with Crippen molar-refractivity contribution >= 4 is 12.1 Å². The molecule has 0 saturated carbocycles. The summed E-state index contributed by atoms with van der Waals surface area (Å²) in [5, 5.41) is 3.52. The first-order valence-corrected chi connectivity index (χ1v) is 10.9. The van der Waals surface area contributed by atoms with Crippen LogP contribution in [-0.4, -0.2) is 79.9 Å². The molecule has 0 aromatic carbocycles. The zero-order valence-corrected chi connectivity index (χ0v) is 18.5. The lowest BCUT2D eigenvalue weighted by atomic mass is 9.95. The number of likely N-dealkylation sites (tertiary alicyclic amines) is 2. The van der Waals surface area contributed by atoms with E-state index < -0.39 is 5.60 Å². The minimum Gasteiger partial charge on any atom is -0.444 e. The van der Waals surface area contributed by atoms with E-state index in [0.29, 0.717) is 12.0 Å². The SMILES string of the molecule is CCOC1CCN(C(=NC)NCCC2CCCN(C(=O)OC(C)(C)C)C2)CC1. The van der Waals surface area contributed by atoms with Crippen LogP contribution in [0, 0.1) is 5.92 Å². The van der Waals surface area contributed by atoms with Gasteiger partial charge < -0.3 is 24.6 Å². The molecule has 0 aliphatic carbocycles. The smallest absolute Gasteiger partial charge is 0.410 e. The average Bonchev–Trinajstić information content (AvgIpc) is 2.65. The maximum atomic E-state index is 12.3. The number of nitrogens with one attached hydrogen (secondary N) is 1. The number of guanidine groups is 1. The number of hydrogen-bond donors (Lipinski definition) is 1. The van der Waals surface area contributed by atoms with E-state index in [1.54, 1.807) is 0 Å². The van der Waals surface area contributed by atoms with Gasteiger partial charge in [0.2, 0.25) is 0 Å². The van der Waals surface area contributed by atoms with Crippen LogP contribution < -0.4 is 5.32 Å². The zero-order chi connectivity index (χ0) is 20.6. The van der Waals surface area contributed by atoms with Crippen LogP contribution in [0.3, 0.4) is 0 Å². The minimum atomic E-state index is -0.437. The topological polar surface area (TPSA) is 66.4 Å². The summed E-state index contributed by atoms with van der Waals surface area (Å²) >= 11 is 0. The van der Waals surface area contributed by atoms with Gasteiger partial charge in [-0.2, -0.15) is 0 Å². The highest BCUT2D eigenvalue weighted by atomic mass is 16.6. The third-order valence-corrected chi connectivity index (χ3v) is 5.36. The molecule has 1 unspecified atom stereocenters. The Morgan fingerprint density at radius 2 is 1.86 bits per heavy atom. The number of hydrogen-bond acceptors (Lipinski definition) is 4. The fourth-order valence-corrected chi connectivity index (χ4v) is 3.98. The predicted octanol–water partition coefficient (Wildman–Crippen LogP) is 3.10. The first-order chi connectivity index (χ1) is 13.3. The monoisotopic (exact) mass is 396 g/mol. The Morgan fingerprint density at radius 3 is 2.46 bits per heavy atom. The fraction of sp³-hybridized carbons (Fsp3) is 0.905. The third kappa shape index (κ3) is 7.49. The summed E-state index contributed by atoms with van der Waals surface area (Å²) in [4.78, 5) is 21.0. The van der Waals surface area contributed by atoms with Crippen molar-refractivity contribution in [2.75, 3.05) is 46.4 Å². The van der Waals surface area contributed by atoms with Crippen molar-refractivity contribution in [3.05, 3.63) is 0 Å². The molecular weight excluding hydrogens is 356 g/mol. The first-order valence-electron chi connectivity index (χ1n) is 10.9. The molecular formula is C21H40N4O3. The molecule has 2 fully saturated rings. The molecule has 0 spiro atoms. The number of nitrogens with zero attached hydrogens (tertiary/aromatic N) is 3. The van der Waals surface area contributed by atoms with Crippen LogP contribution in [0.5, 0.6) is 0 Å². The normalized spacial score (nSPS) is 22.3. The van der Waals surface area contributed by atoms with Crippen LogP contribution in [0.2, 0.25) is 0 Å². The average molecular weight is 397 g/mol. The highest BCUT2D eigenvalue weighted by Crippen LogP contribution is 2.21. The molecule has 2 saturated heterocycles. The quantitative estimate of drug-likeness (QED) is 0.571. The van der Waals surface area contributed by atoms with Crippen molar-refractivity contribution < 1.29 is 14.3 Å². The lowest BCUT2D eigenvalue weighted by molar-refractivity contribution is 0.0161. The Bertz CT molecular complexity index is 510. The molecule has 7 nitrogen and oxygen atoms in total. The molecule has 0 radical (unpaired) electrons. The molecule has 2 aliphatic heterocycles. The summed E-state index contributed by atoms with van der Waals surface area (Å²) in [5.74, 6) is 1.49. The molecule has 1 N–H and O–H groups in total. The van der Waals surface area contributed by atoms with Gasteiger partial charge in [-0.1, -0.05) is 0 Å². The molecule has 0 bridgehead atoms. The van der Waals surface area contributed by atoms with Crippen molar-refractivity contribution in [2.24, 2.45) is 10.9 Å². The van der Waals surface area contributed by atoms with E-state index in [2.05, 4.69) is 22.1 Å². The van der Waals surface area contributed by atoms with Crippen molar-refractivity contribution in [3.63, 3.8) is 0 Å². The van der Waals surface area contributed by atoms with E-state index in [0.717, 1.165) is 71.0 Å². The van der Waals surface area contributed by atoms with Gasteiger partial charge in [0.25, 0.3) is 0 Å². The summed E-state index contributed by atoms with van der Waals surface area (Å²) < 4.78 is 11.3. The second-order valence-electron chi connectivity index (χ2n) is 8.84. The van der Waals surface area contributed by atoms with Crippen molar-refractivity contribution in [3.8, 4) is 0 Å². The second kappa shape index (κ2) is 10.9. The number of carbonyl (C=O) groups is 1. The number of amides is 1. The number of carbonyl (C=O) groups excluding carboxylic acids is 1. The number of piperidine rings is 2. The van der Waals surface area contributed by atoms with Crippen LogP contribution in [0.1, 0.15) is 59.8 Å². The predicted molar refractivity (Wildman–Crippen MR) is 113 cm³/mol. The highest BCUT2D eigenvalue weighted by molar-refractivity contribution is 5.79. The molecule has 0 aromatic rings. The van der Waals surface area contributed by atoms with Crippen LogP contribution in [0.4, 0.5) is 4.79 Å². The molecule has 1 atom stereocenters. The van der Waals surface area contributed by atoms with E-state index in [-0.39, 0.29) is 6.09 Å². The largest absolute Gasteiger partial charge is 0.444 e. The summed E-state index contributed by atoms with van der Waals surface area (Å²) in [6, 6.07) is 0. The van der Waals surface area contributed by atoms with Crippen molar-refractivity contribution in [2.45, 2.75) is 71.5 Å². The number of rotatable bonds is 5. The van der Waals surface area contributed by atoms with E-state index in [1.165, 1.54) is 6.42 Å². The minimum absolute atomic E-state index is 0.182. The Hall–Kier alpha value is -1.50. The molecule has 2 heterocycles. The summed E-state index contributed by atoms with van der Waals surface area (Å²) in [7, 11) is 1.85. The Morgan fingerprint density at radius 1 is 1.14 bits per heavy atom. The van der Waals surface area contributed by atoms with Gasteiger partial charge in [-0.3, -0.25) is 4.99 Å². The Kier molecular flexibility index (Phi) is 8.86. The van der Waals surface area contributed by atoms with Gasteiger partial charge in [0.05, 0.1) is 6.10 Å². The van der Waals surface area contributed by atoms with Gasteiger partial charge in [0.1, 0.15) is 5.60 Å². The maximum absolute atomic E-state index is 12.3. The molecule has 7 heteroatoms. The van der Waals surface area contributed by atoms with Crippen LogP contribution in [-0.2, 0) is 9.47 Å². The van der Waals surface area contributed by atoms with Gasteiger partial charge in [-0.25, -0.2) is 4.79 Å². The third-order valence-electron chi connectivity index (χ3n) is 5.36. The Labute approximate surface area is 170 Å². The zero-order valence-electron chi connectivity index (χ0n) is 18.5. The van der Waals surface area contributed by atoms with Gasteiger partial charge in [-0.05, 0) is 65.7 Å². The van der Waals surface area contributed by atoms with Gasteiger partial charge in [-0.15, -0.1) is 0 Å². The lowest BCUT2D eigenvalue weighted by Gasteiger charge is -2.35. The van der Waals surface area contributed by atoms with Crippen molar-refractivity contribution in [1.82, 2.24) is 15.1 Å². The molecule has 1 amide bonds. The maximum Gasteiger partial charge on any atom is 0.410 e. The van der Waals surface area contributed by atoms with Gasteiger partial charge >= 0.3 is 6.09 Å². The van der Waals surface area contributed by atoms with Crippen molar-refractivity contribution in [1.29, 1.82) is 0 Å². The summed E-state index contributed by atoms with van der Waals surface area (Å²) in [5.41, 5.74) is -0.437. The van der Waals surface area contributed by atoms with Gasteiger partial charge in [0, 0.05) is 46.4 Å². The highest BCUT2D eigenvalue weighted by Gasteiger charge is 2.27. The summed E-state index contributed by atoms with van der Waals surface area (Å²) in [6.07, 6.45) is 5.57. The molecule has 0 aromatic heterocycles. The van der Waals surface area contributed by atoms with Crippen LogP contribution in [0.25, 0.3) is 0 Å². The second-order valence-corrected chi connectivity index (χ2v) is 8.84. The number of ether oxygens (including phenoxy) is 2.